The number of nitrogens with zero attached hydrogens (tertiary/aromatic N) is 3. The van der Waals surface area contributed by atoms with Crippen LogP contribution in [-0.4, -0.2) is 20.8 Å². The molecule has 0 saturated carbocycles. The Morgan fingerprint density at radius 1 is 1.50 bits per heavy atom. The third kappa shape index (κ3) is 2.93. The maximum atomic E-state index is 8.85. The SMILES string of the molecule is CC(C)n1cc(Oc2cccc(Br)c2/C(N)=N/O)cn1. The van der Waals surface area contributed by atoms with Crippen LogP contribution in [0.25, 0.3) is 0 Å². The second-order valence-corrected chi connectivity index (χ2v) is 5.30. The molecule has 1 aromatic heterocycles. The van der Waals surface area contributed by atoms with Crippen molar-refractivity contribution in [3.63, 3.8) is 0 Å². The van der Waals surface area contributed by atoms with Crippen LogP contribution in [0.4, 0.5) is 0 Å². The number of nitrogens with two attached hydrogens (primary N) is 1. The van der Waals surface area contributed by atoms with E-state index in [9.17, 15) is 0 Å². The monoisotopic (exact) mass is 338 g/mol. The summed E-state index contributed by atoms with van der Waals surface area (Å²) in [7, 11) is 0. The normalized spacial score (nSPS) is 11.9. The van der Waals surface area contributed by atoms with Crippen LogP contribution in [0.1, 0.15) is 25.5 Å². The number of halogens is 1. The maximum Gasteiger partial charge on any atom is 0.175 e. The summed E-state index contributed by atoms with van der Waals surface area (Å²) < 4.78 is 8.23. The van der Waals surface area contributed by atoms with Gasteiger partial charge in [-0.25, -0.2) is 0 Å². The first-order valence-corrected chi connectivity index (χ1v) is 6.80. The van der Waals surface area contributed by atoms with Gasteiger partial charge >= 0.3 is 0 Å². The van der Waals surface area contributed by atoms with Crippen molar-refractivity contribution in [3.8, 4) is 11.5 Å². The van der Waals surface area contributed by atoms with E-state index < -0.39 is 0 Å². The van der Waals surface area contributed by atoms with Gasteiger partial charge in [0.15, 0.2) is 11.6 Å². The molecule has 2 aromatic rings. The van der Waals surface area contributed by atoms with Gasteiger partial charge in [-0.15, -0.1) is 0 Å². The van der Waals surface area contributed by atoms with E-state index in [1.165, 1.54) is 0 Å². The molecule has 3 N–H and O–H groups in total. The topological polar surface area (TPSA) is 85.7 Å². The highest BCUT2D eigenvalue weighted by molar-refractivity contribution is 9.10. The second-order valence-electron chi connectivity index (χ2n) is 4.45. The van der Waals surface area contributed by atoms with E-state index in [1.807, 2.05) is 13.8 Å². The number of benzene rings is 1. The van der Waals surface area contributed by atoms with Crippen molar-refractivity contribution in [2.45, 2.75) is 19.9 Å². The summed E-state index contributed by atoms with van der Waals surface area (Å²) in [6.07, 6.45) is 3.42. The highest BCUT2D eigenvalue weighted by Crippen LogP contribution is 2.30. The van der Waals surface area contributed by atoms with Crippen molar-refractivity contribution in [1.29, 1.82) is 0 Å². The van der Waals surface area contributed by atoms with E-state index in [0.29, 0.717) is 21.5 Å². The highest BCUT2D eigenvalue weighted by Gasteiger charge is 2.14. The van der Waals surface area contributed by atoms with Crippen molar-refractivity contribution in [1.82, 2.24) is 9.78 Å². The first-order chi connectivity index (χ1) is 9.52. The number of ether oxygens (including phenoxy) is 1. The number of amidine groups is 1. The number of hydrogen-bond acceptors (Lipinski definition) is 4. The Hall–Kier alpha value is -2.02. The molecule has 6 nitrogen and oxygen atoms in total. The van der Waals surface area contributed by atoms with E-state index in [0.717, 1.165) is 0 Å². The number of hydrogen-bond donors (Lipinski definition) is 2. The third-order valence-electron chi connectivity index (χ3n) is 2.67. The Bertz CT molecular complexity index is 637. The largest absolute Gasteiger partial charge is 0.453 e. The Morgan fingerprint density at radius 3 is 2.85 bits per heavy atom. The quantitative estimate of drug-likeness (QED) is 0.388. The van der Waals surface area contributed by atoms with Crippen LogP contribution in [0.15, 0.2) is 40.2 Å². The van der Waals surface area contributed by atoms with Gasteiger partial charge in [0.05, 0.1) is 18.0 Å². The fourth-order valence-electron chi connectivity index (χ4n) is 1.67. The predicted molar refractivity (Wildman–Crippen MR) is 79.3 cm³/mol. The summed E-state index contributed by atoms with van der Waals surface area (Å²) in [6.45, 7) is 4.05. The summed E-state index contributed by atoms with van der Waals surface area (Å²) in [5.74, 6) is 1.05. The minimum Gasteiger partial charge on any atom is -0.453 e. The maximum absolute atomic E-state index is 8.85. The smallest absolute Gasteiger partial charge is 0.175 e. The Morgan fingerprint density at radius 2 is 2.25 bits per heavy atom. The van der Waals surface area contributed by atoms with Crippen molar-refractivity contribution in [2.24, 2.45) is 10.9 Å². The summed E-state index contributed by atoms with van der Waals surface area (Å²) in [5.41, 5.74) is 6.17. The molecule has 0 atom stereocenters. The van der Waals surface area contributed by atoms with Gasteiger partial charge in [0.2, 0.25) is 0 Å². The van der Waals surface area contributed by atoms with E-state index >= 15 is 0 Å². The van der Waals surface area contributed by atoms with Gasteiger partial charge in [-0.1, -0.05) is 11.2 Å². The Balaban J connectivity index is 2.35. The zero-order chi connectivity index (χ0) is 14.7. The molecule has 7 heteroatoms. The average molecular weight is 339 g/mol. The van der Waals surface area contributed by atoms with Crippen LogP contribution in [0.5, 0.6) is 11.5 Å². The van der Waals surface area contributed by atoms with Crippen LogP contribution in [0, 0.1) is 0 Å². The molecule has 0 aliphatic rings. The first kappa shape index (κ1) is 14.4. The molecule has 0 saturated heterocycles. The average Bonchev–Trinajstić information content (AvgIpc) is 2.87. The van der Waals surface area contributed by atoms with Gasteiger partial charge in [0, 0.05) is 10.5 Å². The molecule has 0 spiro atoms. The van der Waals surface area contributed by atoms with E-state index in [4.69, 9.17) is 15.7 Å². The summed E-state index contributed by atoms with van der Waals surface area (Å²) in [4.78, 5) is 0. The van der Waals surface area contributed by atoms with Crippen molar-refractivity contribution >= 4 is 21.8 Å². The highest BCUT2D eigenvalue weighted by atomic mass is 79.9. The third-order valence-corrected chi connectivity index (χ3v) is 3.33. The van der Waals surface area contributed by atoms with Gasteiger partial charge in [-0.2, -0.15) is 5.10 Å². The molecule has 0 amide bonds. The molecule has 1 aromatic carbocycles. The van der Waals surface area contributed by atoms with Gasteiger partial charge in [0.25, 0.3) is 0 Å². The molecule has 1 heterocycles. The Labute approximate surface area is 125 Å². The van der Waals surface area contributed by atoms with Gasteiger partial charge in [0.1, 0.15) is 5.75 Å². The van der Waals surface area contributed by atoms with Crippen LogP contribution in [0.3, 0.4) is 0 Å². The first-order valence-electron chi connectivity index (χ1n) is 6.01. The molecule has 20 heavy (non-hydrogen) atoms. The lowest BCUT2D eigenvalue weighted by atomic mass is 10.2. The second kappa shape index (κ2) is 5.96. The molecular weight excluding hydrogens is 324 g/mol. The predicted octanol–water partition coefficient (Wildman–Crippen LogP) is 3.11. The van der Waals surface area contributed by atoms with Gasteiger partial charge in [-0.05, 0) is 41.9 Å². The van der Waals surface area contributed by atoms with Gasteiger partial charge in [-0.3, -0.25) is 4.68 Å². The molecule has 0 aliphatic heterocycles. The molecule has 106 valence electrons. The zero-order valence-corrected chi connectivity index (χ0v) is 12.7. The number of aromatic nitrogens is 2. The Kier molecular flexibility index (Phi) is 4.29. The minimum atomic E-state index is -0.0243. The van der Waals surface area contributed by atoms with E-state index in [1.54, 1.807) is 35.3 Å². The number of oxime groups is 1. The minimum absolute atomic E-state index is 0.0243. The van der Waals surface area contributed by atoms with Crippen LogP contribution in [0.2, 0.25) is 0 Å². The number of rotatable bonds is 4. The fraction of sp³-hybridized carbons (Fsp3) is 0.231. The standard InChI is InChI=1S/C13H15BrN4O2/c1-8(2)18-7-9(6-16-18)20-11-5-3-4-10(14)12(11)13(15)17-19/h3-8,19H,1-2H3,(H2,15,17). The summed E-state index contributed by atoms with van der Waals surface area (Å²) in [6, 6.07) is 5.58. The lowest BCUT2D eigenvalue weighted by molar-refractivity contribution is 0.318. The lowest BCUT2D eigenvalue weighted by Crippen LogP contribution is -2.15. The summed E-state index contributed by atoms with van der Waals surface area (Å²) >= 11 is 3.36. The van der Waals surface area contributed by atoms with Crippen molar-refractivity contribution in [3.05, 3.63) is 40.6 Å². The molecule has 0 fully saturated rings. The molecular formula is C13H15BrN4O2. The van der Waals surface area contributed by atoms with Gasteiger partial charge < -0.3 is 15.7 Å². The van der Waals surface area contributed by atoms with Crippen LogP contribution in [-0.2, 0) is 0 Å². The molecule has 0 bridgehead atoms. The van der Waals surface area contributed by atoms with E-state index in [2.05, 4.69) is 26.2 Å². The molecule has 0 unspecified atom stereocenters. The zero-order valence-electron chi connectivity index (χ0n) is 11.1. The van der Waals surface area contributed by atoms with Crippen molar-refractivity contribution in [2.75, 3.05) is 0 Å². The molecule has 0 radical (unpaired) electrons. The molecule has 2 rings (SSSR count). The fourth-order valence-corrected chi connectivity index (χ4v) is 2.22. The lowest BCUT2D eigenvalue weighted by Gasteiger charge is -2.10. The van der Waals surface area contributed by atoms with Crippen molar-refractivity contribution < 1.29 is 9.94 Å². The molecule has 0 aliphatic carbocycles. The van der Waals surface area contributed by atoms with Crippen LogP contribution >= 0.6 is 15.9 Å². The summed E-state index contributed by atoms with van der Waals surface area (Å²) in [5, 5.41) is 16.1. The van der Waals surface area contributed by atoms with Crippen LogP contribution < -0.4 is 10.5 Å². The van der Waals surface area contributed by atoms with E-state index in [-0.39, 0.29) is 11.9 Å².